The van der Waals surface area contributed by atoms with E-state index in [1.165, 1.54) is 0 Å². The van der Waals surface area contributed by atoms with Crippen molar-refractivity contribution >= 4 is 6.09 Å². The number of carbonyl (C=O) groups excluding carboxylic acids is 1. The number of ether oxygens (including phenoxy) is 1. The zero-order valence-electron chi connectivity index (χ0n) is 9.69. The van der Waals surface area contributed by atoms with E-state index in [0.717, 1.165) is 13.0 Å². The van der Waals surface area contributed by atoms with Gasteiger partial charge in [-0.25, -0.2) is 4.79 Å². The second-order valence-corrected chi connectivity index (χ2v) is 5.60. The van der Waals surface area contributed by atoms with Gasteiger partial charge in [-0.2, -0.15) is 0 Å². The first-order chi connectivity index (χ1) is 6.92. The Labute approximate surface area is 90.8 Å². The van der Waals surface area contributed by atoms with E-state index in [0.29, 0.717) is 24.4 Å². The number of nitrogens with two attached hydrogens (primary N) is 1. The van der Waals surface area contributed by atoms with Crippen LogP contribution in [-0.4, -0.2) is 35.7 Å². The molecule has 1 aliphatic carbocycles. The fourth-order valence-electron chi connectivity index (χ4n) is 2.61. The Kier molecular flexibility index (Phi) is 2.41. The molecule has 1 amide bonds. The molecule has 3 aliphatic rings. The molecule has 0 aromatic heterocycles. The predicted molar refractivity (Wildman–Crippen MR) is 57.4 cm³/mol. The van der Waals surface area contributed by atoms with E-state index in [2.05, 4.69) is 0 Å². The lowest BCUT2D eigenvalue weighted by Gasteiger charge is -2.35. The van der Waals surface area contributed by atoms with E-state index in [1.807, 2.05) is 25.7 Å². The molecule has 2 N–H and O–H groups in total. The van der Waals surface area contributed by atoms with Crippen molar-refractivity contribution in [3.8, 4) is 0 Å². The number of rotatable bonds is 1. The fraction of sp³-hybridized carbons (Fsp3) is 0.909. The van der Waals surface area contributed by atoms with Gasteiger partial charge in [0, 0.05) is 12.6 Å². The monoisotopic (exact) mass is 212 g/mol. The molecule has 15 heavy (non-hydrogen) atoms. The Morgan fingerprint density at radius 3 is 2.67 bits per heavy atom. The molecule has 86 valence electrons. The van der Waals surface area contributed by atoms with E-state index in [-0.39, 0.29) is 6.09 Å². The quantitative estimate of drug-likeness (QED) is 0.710. The van der Waals surface area contributed by atoms with Crippen molar-refractivity contribution in [3.63, 3.8) is 0 Å². The number of amides is 1. The van der Waals surface area contributed by atoms with Crippen molar-refractivity contribution < 1.29 is 9.53 Å². The molecule has 0 spiro atoms. The van der Waals surface area contributed by atoms with Crippen molar-refractivity contribution in [2.24, 2.45) is 17.6 Å². The largest absolute Gasteiger partial charge is 0.444 e. The van der Waals surface area contributed by atoms with Gasteiger partial charge in [0.05, 0.1) is 0 Å². The Balaban J connectivity index is 1.94. The summed E-state index contributed by atoms with van der Waals surface area (Å²) < 4.78 is 5.36. The van der Waals surface area contributed by atoms with E-state index in [9.17, 15) is 4.79 Å². The molecule has 0 radical (unpaired) electrons. The summed E-state index contributed by atoms with van der Waals surface area (Å²) in [5.41, 5.74) is 5.26. The minimum atomic E-state index is -0.401. The van der Waals surface area contributed by atoms with Crippen molar-refractivity contribution in [2.45, 2.75) is 38.8 Å². The SMILES string of the molecule is CC(C)(C)OC(=O)N1C[C@H]2C[C@@H]1[C@H]2CN. The summed E-state index contributed by atoms with van der Waals surface area (Å²) >= 11 is 0. The Morgan fingerprint density at radius 1 is 1.53 bits per heavy atom. The van der Waals surface area contributed by atoms with E-state index < -0.39 is 5.60 Å². The molecule has 3 atom stereocenters. The maximum atomic E-state index is 11.8. The minimum absolute atomic E-state index is 0.175. The highest BCUT2D eigenvalue weighted by Crippen LogP contribution is 2.46. The second-order valence-electron chi connectivity index (χ2n) is 5.60. The van der Waals surface area contributed by atoms with Crippen molar-refractivity contribution in [1.29, 1.82) is 0 Å². The van der Waals surface area contributed by atoms with Crippen LogP contribution in [0.3, 0.4) is 0 Å². The van der Waals surface area contributed by atoms with Crippen molar-refractivity contribution in [2.75, 3.05) is 13.1 Å². The predicted octanol–water partition coefficient (Wildman–Crippen LogP) is 1.20. The Hall–Kier alpha value is -0.770. The minimum Gasteiger partial charge on any atom is -0.444 e. The zero-order valence-corrected chi connectivity index (χ0v) is 9.69. The molecule has 2 aliphatic heterocycles. The lowest BCUT2D eigenvalue weighted by molar-refractivity contribution is 0.0207. The van der Waals surface area contributed by atoms with Crippen LogP contribution in [0.2, 0.25) is 0 Å². The number of carbonyl (C=O) groups is 1. The topological polar surface area (TPSA) is 55.6 Å². The van der Waals surface area contributed by atoms with Crippen LogP contribution in [0.25, 0.3) is 0 Å². The molecule has 0 aromatic rings. The zero-order chi connectivity index (χ0) is 11.2. The van der Waals surface area contributed by atoms with Crippen LogP contribution >= 0.6 is 0 Å². The molecule has 2 heterocycles. The summed E-state index contributed by atoms with van der Waals surface area (Å²) in [7, 11) is 0. The number of fused-ring (bicyclic) bond motifs is 1. The summed E-state index contributed by atoms with van der Waals surface area (Å²) in [4.78, 5) is 13.7. The lowest BCUT2D eigenvalue weighted by Crippen LogP contribution is -2.45. The molecular weight excluding hydrogens is 192 g/mol. The summed E-state index contributed by atoms with van der Waals surface area (Å²) in [6.07, 6.45) is 0.937. The molecule has 0 unspecified atom stereocenters. The smallest absolute Gasteiger partial charge is 0.410 e. The third-order valence-corrected chi connectivity index (χ3v) is 3.38. The van der Waals surface area contributed by atoms with Crippen molar-refractivity contribution in [3.05, 3.63) is 0 Å². The van der Waals surface area contributed by atoms with Crippen LogP contribution in [-0.2, 0) is 4.74 Å². The summed E-state index contributed by atoms with van der Waals surface area (Å²) in [5.74, 6) is 1.13. The van der Waals surface area contributed by atoms with Gasteiger partial charge in [0.15, 0.2) is 0 Å². The average Bonchev–Trinajstić information content (AvgIpc) is 2.56. The molecule has 2 saturated heterocycles. The molecule has 3 fully saturated rings. The first-order valence-electron chi connectivity index (χ1n) is 5.62. The molecule has 4 nitrogen and oxygen atoms in total. The molecule has 4 heteroatoms. The van der Waals surface area contributed by atoms with Crippen LogP contribution in [0.1, 0.15) is 27.2 Å². The highest BCUT2D eigenvalue weighted by atomic mass is 16.6. The number of hydrogen-bond donors (Lipinski definition) is 1. The van der Waals surface area contributed by atoms with Gasteiger partial charge in [-0.3, -0.25) is 0 Å². The van der Waals surface area contributed by atoms with Gasteiger partial charge in [0.1, 0.15) is 5.60 Å². The van der Waals surface area contributed by atoms with Crippen LogP contribution < -0.4 is 5.73 Å². The van der Waals surface area contributed by atoms with E-state index in [4.69, 9.17) is 10.5 Å². The maximum Gasteiger partial charge on any atom is 0.410 e. The van der Waals surface area contributed by atoms with Crippen LogP contribution in [0.15, 0.2) is 0 Å². The fourth-order valence-corrected chi connectivity index (χ4v) is 2.61. The normalized spacial score (nSPS) is 33.9. The molecule has 2 bridgehead atoms. The van der Waals surface area contributed by atoms with Crippen LogP contribution in [0, 0.1) is 11.8 Å². The van der Waals surface area contributed by atoms with E-state index in [1.54, 1.807) is 0 Å². The Morgan fingerprint density at radius 2 is 2.20 bits per heavy atom. The first kappa shape index (κ1) is 10.7. The summed E-state index contributed by atoms with van der Waals surface area (Å²) in [6.45, 7) is 7.21. The van der Waals surface area contributed by atoms with Gasteiger partial charge in [-0.15, -0.1) is 0 Å². The number of nitrogens with zero attached hydrogens (tertiary/aromatic N) is 1. The number of hydrogen-bond acceptors (Lipinski definition) is 3. The van der Waals surface area contributed by atoms with Gasteiger partial charge in [-0.1, -0.05) is 0 Å². The first-order valence-corrected chi connectivity index (χ1v) is 5.62. The molecular formula is C11H20N2O2. The lowest BCUT2D eigenvalue weighted by atomic mass is 9.74. The third kappa shape index (κ3) is 1.83. The van der Waals surface area contributed by atoms with Crippen LogP contribution in [0.5, 0.6) is 0 Å². The maximum absolute atomic E-state index is 11.8. The third-order valence-electron chi connectivity index (χ3n) is 3.38. The standard InChI is InChI=1S/C11H20N2O2/c1-11(2,3)15-10(14)13-6-7-4-9(13)8(7)5-12/h7-9H,4-6,12H2,1-3H3/t7-,8+,9-/m1/s1. The molecule has 1 saturated carbocycles. The second kappa shape index (κ2) is 3.37. The highest BCUT2D eigenvalue weighted by Gasteiger charge is 2.53. The summed E-state index contributed by atoms with van der Waals surface area (Å²) in [6, 6.07) is 0.342. The van der Waals surface area contributed by atoms with Gasteiger partial charge >= 0.3 is 6.09 Å². The average molecular weight is 212 g/mol. The van der Waals surface area contributed by atoms with Gasteiger partial charge in [0.25, 0.3) is 0 Å². The molecule has 0 aromatic carbocycles. The molecule has 3 rings (SSSR count). The van der Waals surface area contributed by atoms with Gasteiger partial charge in [0.2, 0.25) is 0 Å². The van der Waals surface area contributed by atoms with E-state index >= 15 is 0 Å². The summed E-state index contributed by atoms with van der Waals surface area (Å²) in [5, 5.41) is 0. The van der Waals surface area contributed by atoms with Gasteiger partial charge < -0.3 is 15.4 Å². The Bertz CT molecular complexity index is 272. The van der Waals surface area contributed by atoms with Gasteiger partial charge in [-0.05, 0) is 45.6 Å². The van der Waals surface area contributed by atoms with Crippen molar-refractivity contribution in [1.82, 2.24) is 4.90 Å². The highest BCUT2D eigenvalue weighted by molar-refractivity contribution is 5.69. The van der Waals surface area contributed by atoms with Crippen LogP contribution in [0.4, 0.5) is 4.79 Å².